The summed E-state index contributed by atoms with van der Waals surface area (Å²) in [5, 5.41) is 7.38. The molecular formula is C14H16ClF2N3O. The lowest BCUT2D eigenvalue weighted by atomic mass is 10.2. The zero-order valence-corrected chi connectivity index (χ0v) is 12.8. The van der Waals surface area contributed by atoms with Crippen molar-refractivity contribution in [3.05, 3.63) is 45.7 Å². The average Bonchev–Trinajstić information content (AvgIpc) is 2.64. The molecule has 0 aliphatic rings. The van der Waals surface area contributed by atoms with Crippen LogP contribution in [0.25, 0.3) is 0 Å². The van der Waals surface area contributed by atoms with Gasteiger partial charge in [-0.3, -0.25) is 4.68 Å². The maximum Gasteiger partial charge on any atom is 0.191 e. The first-order valence-corrected chi connectivity index (χ1v) is 6.75. The Morgan fingerprint density at radius 1 is 1.33 bits per heavy atom. The van der Waals surface area contributed by atoms with Crippen molar-refractivity contribution in [1.29, 1.82) is 0 Å². The first kappa shape index (κ1) is 15.7. The normalized spacial score (nSPS) is 11.0. The van der Waals surface area contributed by atoms with Crippen LogP contribution in [0.2, 0.25) is 5.02 Å². The monoisotopic (exact) mass is 315 g/mol. The molecule has 0 bridgehead atoms. The molecule has 0 aliphatic heterocycles. The fourth-order valence-electron chi connectivity index (χ4n) is 2.03. The molecule has 0 radical (unpaired) electrons. The summed E-state index contributed by atoms with van der Waals surface area (Å²) in [6.45, 7) is 2.07. The van der Waals surface area contributed by atoms with Gasteiger partial charge in [0.2, 0.25) is 0 Å². The number of nitrogens with one attached hydrogen (secondary N) is 1. The standard InChI is InChI=1S/C14H16ClF2N3O/c1-8-13(15)12(20(3)19-8)7-21-14-10(16)4-9(6-18-2)5-11(14)17/h4-5,18H,6-7H2,1-3H3. The molecule has 4 nitrogen and oxygen atoms in total. The van der Waals surface area contributed by atoms with Crippen LogP contribution in [-0.2, 0) is 20.2 Å². The van der Waals surface area contributed by atoms with Crippen LogP contribution in [0.1, 0.15) is 17.0 Å². The molecule has 0 saturated carbocycles. The van der Waals surface area contributed by atoms with Crippen molar-refractivity contribution < 1.29 is 13.5 Å². The highest BCUT2D eigenvalue weighted by Crippen LogP contribution is 2.26. The first-order chi connectivity index (χ1) is 9.93. The lowest BCUT2D eigenvalue weighted by molar-refractivity contribution is 0.265. The van der Waals surface area contributed by atoms with Gasteiger partial charge in [0.15, 0.2) is 17.4 Å². The number of halogens is 3. The van der Waals surface area contributed by atoms with Gasteiger partial charge in [-0.25, -0.2) is 8.78 Å². The van der Waals surface area contributed by atoms with E-state index in [-0.39, 0.29) is 6.61 Å². The topological polar surface area (TPSA) is 39.1 Å². The van der Waals surface area contributed by atoms with E-state index < -0.39 is 17.4 Å². The van der Waals surface area contributed by atoms with Crippen LogP contribution in [-0.4, -0.2) is 16.8 Å². The van der Waals surface area contributed by atoms with Crippen LogP contribution in [0, 0.1) is 18.6 Å². The molecule has 1 aromatic heterocycles. The second kappa shape index (κ2) is 6.41. The third kappa shape index (κ3) is 3.33. The minimum Gasteiger partial charge on any atom is -0.481 e. The van der Waals surface area contributed by atoms with Crippen molar-refractivity contribution in [1.82, 2.24) is 15.1 Å². The van der Waals surface area contributed by atoms with Gasteiger partial charge in [0, 0.05) is 13.6 Å². The van der Waals surface area contributed by atoms with Crippen LogP contribution in [0.4, 0.5) is 8.78 Å². The van der Waals surface area contributed by atoms with Gasteiger partial charge in [0.25, 0.3) is 0 Å². The van der Waals surface area contributed by atoms with E-state index in [0.29, 0.717) is 28.5 Å². The zero-order chi connectivity index (χ0) is 15.6. The summed E-state index contributed by atoms with van der Waals surface area (Å²) in [7, 11) is 3.40. The maximum absolute atomic E-state index is 13.9. The Bertz CT molecular complexity index is 635. The predicted molar refractivity (Wildman–Crippen MR) is 76.4 cm³/mol. The summed E-state index contributed by atoms with van der Waals surface area (Å²) in [5.74, 6) is -1.89. The van der Waals surface area contributed by atoms with Crippen molar-refractivity contribution in [2.45, 2.75) is 20.1 Å². The van der Waals surface area contributed by atoms with E-state index in [1.165, 1.54) is 16.8 Å². The van der Waals surface area contributed by atoms with Crippen LogP contribution in [0.15, 0.2) is 12.1 Å². The zero-order valence-electron chi connectivity index (χ0n) is 12.0. The van der Waals surface area contributed by atoms with Crippen molar-refractivity contribution >= 4 is 11.6 Å². The van der Waals surface area contributed by atoms with Gasteiger partial charge in [0.05, 0.1) is 16.4 Å². The number of ether oxygens (including phenoxy) is 1. The molecule has 7 heteroatoms. The Morgan fingerprint density at radius 2 is 1.95 bits per heavy atom. The summed E-state index contributed by atoms with van der Waals surface area (Å²) >= 11 is 6.07. The number of aromatic nitrogens is 2. The summed E-state index contributed by atoms with van der Waals surface area (Å²) in [4.78, 5) is 0. The minimum atomic E-state index is -0.740. The van der Waals surface area contributed by atoms with Gasteiger partial charge in [-0.05, 0) is 31.7 Å². The molecule has 0 saturated heterocycles. The third-order valence-corrected chi connectivity index (χ3v) is 3.55. The predicted octanol–water partition coefficient (Wildman–Crippen LogP) is 2.96. The number of hydrogen-bond acceptors (Lipinski definition) is 3. The van der Waals surface area contributed by atoms with E-state index >= 15 is 0 Å². The lowest BCUT2D eigenvalue weighted by Gasteiger charge is -2.10. The first-order valence-electron chi connectivity index (χ1n) is 6.37. The summed E-state index contributed by atoms with van der Waals surface area (Å²) in [6.07, 6.45) is 0. The number of benzene rings is 1. The third-order valence-electron chi connectivity index (χ3n) is 3.05. The molecule has 2 aromatic rings. The summed E-state index contributed by atoms with van der Waals surface area (Å²) in [5.41, 5.74) is 1.71. The van der Waals surface area contributed by atoms with E-state index in [9.17, 15) is 8.78 Å². The number of nitrogens with zero attached hydrogens (tertiary/aromatic N) is 2. The van der Waals surface area contributed by atoms with E-state index in [2.05, 4.69) is 10.4 Å². The van der Waals surface area contributed by atoms with Crippen molar-refractivity contribution in [2.75, 3.05) is 7.05 Å². The fraction of sp³-hybridized carbons (Fsp3) is 0.357. The molecule has 21 heavy (non-hydrogen) atoms. The molecule has 0 spiro atoms. The maximum atomic E-state index is 13.9. The molecule has 0 aliphatic carbocycles. The minimum absolute atomic E-state index is 0.0601. The van der Waals surface area contributed by atoms with Crippen LogP contribution >= 0.6 is 11.6 Å². The van der Waals surface area contributed by atoms with Crippen molar-refractivity contribution in [3.63, 3.8) is 0 Å². The number of hydrogen-bond donors (Lipinski definition) is 1. The molecule has 0 fully saturated rings. The Kier molecular flexibility index (Phi) is 4.80. The van der Waals surface area contributed by atoms with E-state index in [1.54, 1.807) is 21.0 Å². The average molecular weight is 316 g/mol. The second-order valence-electron chi connectivity index (χ2n) is 4.68. The second-order valence-corrected chi connectivity index (χ2v) is 5.06. The fourth-order valence-corrected chi connectivity index (χ4v) is 2.25. The lowest BCUT2D eigenvalue weighted by Crippen LogP contribution is -2.08. The molecule has 0 atom stereocenters. The highest BCUT2D eigenvalue weighted by atomic mass is 35.5. The number of rotatable bonds is 5. The largest absolute Gasteiger partial charge is 0.481 e. The van der Waals surface area contributed by atoms with Crippen LogP contribution in [0.5, 0.6) is 5.75 Å². The highest BCUT2D eigenvalue weighted by Gasteiger charge is 2.16. The van der Waals surface area contributed by atoms with Crippen LogP contribution in [0.3, 0.4) is 0 Å². The van der Waals surface area contributed by atoms with Crippen molar-refractivity contribution in [3.8, 4) is 5.75 Å². The molecule has 1 heterocycles. The molecule has 114 valence electrons. The quantitative estimate of drug-likeness (QED) is 0.922. The highest BCUT2D eigenvalue weighted by molar-refractivity contribution is 6.31. The summed E-state index contributed by atoms with van der Waals surface area (Å²) < 4.78 is 34.6. The SMILES string of the molecule is CNCc1cc(F)c(OCc2c(Cl)c(C)nn2C)c(F)c1. The van der Waals surface area contributed by atoms with E-state index in [4.69, 9.17) is 16.3 Å². The van der Waals surface area contributed by atoms with Crippen LogP contribution < -0.4 is 10.1 Å². The Hall–Kier alpha value is -1.66. The molecule has 1 N–H and O–H groups in total. The summed E-state index contributed by atoms with van der Waals surface area (Å²) in [6, 6.07) is 2.48. The number of aryl methyl sites for hydroxylation is 2. The smallest absolute Gasteiger partial charge is 0.191 e. The van der Waals surface area contributed by atoms with Gasteiger partial charge >= 0.3 is 0 Å². The molecule has 0 unspecified atom stereocenters. The molecule has 1 aromatic carbocycles. The van der Waals surface area contributed by atoms with Gasteiger partial charge in [-0.15, -0.1) is 0 Å². The van der Waals surface area contributed by atoms with Gasteiger partial charge in [-0.2, -0.15) is 5.10 Å². The van der Waals surface area contributed by atoms with Gasteiger partial charge in [0.1, 0.15) is 6.61 Å². The Balaban J connectivity index is 2.20. The Morgan fingerprint density at radius 3 is 2.43 bits per heavy atom. The molecule has 0 amide bonds. The molecular weight excluding hydrogens is 300 g/mol. The van der Waals surface area contributed by atoms with E-state index in [1.807, 2.05) is 0 Å². The molecule has 2 rings (SSSR count). The van der Waals surface area contributed by atoms with Gasteiger partial charge < -0.3 is 10.1 Å². The van der Waals surface area contributed by atoms with E-state index in [0.717, 1.165) is 0 Å². The van der Waals surface area contributed by atoms with Crippen molar-refractivity contribution in [2.24, 2.45) is 7.05 Å². The Labute approximate surface area is 126 Å². The van der Waals surface area contributed by atoms with Gasteiger partial charge in [-0.1, -0.05) is 11.6 Å².